The summed E-state index contributed by atoms with van der Waals surface area (Å²) in [4.78, 5) is 22.7. The third-order valence-electron chi connectivity index (χ3n) is 1.35. The fraction of sp³-hybridized carbons (Fsp3) is 0.500. The van der Waals surface area contributed by atoms with Crippen LogP contribution in [0.1, 0.15) is 0 Å². The van der Waals surface area contributed by atoms with E-state index in [1.807, 2.05) is 0 Å². The van der Waals surface area contributed by atoms with Gasteiger partial charge in [0.1, 0.15) is 6.54 Å². The van der Waals surface area contributed by atoms with Crippen LogP contribution in [0.5, 0.6) is 0 Å². The van der Waals surface area contributed by atoms with Crippen molar-refractivity contribution < 1.29 is 9.59 Å². The van der Waals surface area contributed by atoms with Crippen LogP contribution >= 0.6 is 23.6 Å². The molecule has 0 aromatic rings. The zero-order valence-electron chi connectivity index (χ0n) is 5.62. The van der Waals surface area contributed by atoms with Crippen LogP contribution in [-0.4, -0.2) is 39.5 Å². The number of carbonyl (C=O) groups excluding carboxylic acids is 2. The van der Waals surface area contributed by atoms with Gasteiger partial charge in [-0.3, -0.25) is 9.69 Å². The van der Waals surface area contributed by atoms with Gasteiger partial charge in [-0.15, -0.1) is 0 Å². The molecule has 1 aliphatic rings. The van der Waals surface area contributed by atoms with Crippen molar-refractivity contribution in [2.75, 3.05) is 13.6 Å². The van der Waals surface area contributed by atoms with E-state index in [1.165, 1.54) is 7.05 Å². The number of halogens is 2. The molecule has 11 heavy (non-hydrogen) atoms. The molecule has 0 radical (unpaired) electrons. The van der Waals surface area contributed by atoms with E-state index in [0.717, 1.165) is 9.91 Å². The number of rotatable bonds is 1. The zero-order chi connectivity index (χ0) is 8.59. The first-order valence-electron chi connectivity index (χ1n) is 2.73. The molecule has 1 heterocycles. The quantitative estimate of drug-likeness (QED) is 0.452. The van der Waals surface area contributed by atoms with Gasteiger partial charge in [0, 0.05) is 30.6 Å². The minimum absolute atomic E-state index is 0.109. The SMILES string of the molecule is CN1C(=O)CN(N(Cl)Cl)C1=O. The number of urea groups is 1. The molecule has 0 aromatic carbocycles. The van der Waals surface area contributed by atoms with Crippen molar-refractivity contribution in [3.63, 3.8) is 0 Å². The summed E-state index contributed by atoms with van der Waals surface area (Å²) in [6.07, 6.45) is 0. The van der Waals surface area contributed by atoms with E-state index in [1.54, 1.807) is 0 Å². The molecule has 0 aliphatic carbocycles. The fourth-order valence-electron chi connectivity index (χ4n) is 0.700. The van der Waals surface area contributed by atoms with Gasteiger partial charge in [0.2, 0.25) is 0 Å². The topological polar surface area (TPSA) is 43.9 Å². The van der Waals surface area contributed by atoms with Crippen LogP contribution in [0.2, 0.25) is 0 Å². The Balaban J connectivity index is 2.75. The van der Waals surface area contributed by atoms with Crippen molar-refractivity contribution in [2.45, 2.75) is 0 Å². The first-order valence-corrected chi connectivity index (χ1v) is 3.41. The molecule has 0 bridgehead atoms. The standard InChI is InChI=1S/C4H5Cl2N3O2/c1-7-3(10)2-8(4(7)11)9(5)6/h2H2,1H3. The number of hydrogen-bond donors (Lipinski definition) is 0. The summed E-state index contributed by atoms with van der Waals surface area (Å²) in [5, 5.41) is 0.908. The van der Waals surface area contributed by atoms with Gasteiger partial charge in [-0.05, 0) is 4.05 Å². The predicted octanol–water partition coefficient (Wildman–Crippen LogP) is 0.405. The van der Waals surface area contributed by atoms with Crippen molar-refractivity contribution in [3.8, 4) is 0 Å². The van der Waals surface area contributed by atoms with Gasteiger partial charge in [0.15, 0.2) is 0 Å². The number of imide groups is 1. The Labute approximate surface area is 73.2 Å². The molecule has 0 atom stereocenters. The van der Waals surface area contributed by atoms with Crippen molar-refractivity contribution >= 4 is 35.5 Å². The van der Waals surface area contributed by atoms with E-state index >= 15 is 0 Å². The average Bonchev–Trinajstić information content (AvgIpc) is 2.17. The number of nitrogens with zero attached hydrogens (tertiary/aromatic N) is 3. The van der Waals surface area contributed by atoms with Gasteiger partial charge in [0.05, 0.1) is 0 Å². The zero-order valence-corrected chi connectivity index (χ0v) is 7.13. The lowest BCUT2D eigenvalue weighted by Gasteiger charge is -2.15. The summed E-state index contributed by atoms with van der Waals surface area (Å²) in [7, 11) is 1.36. The highest BCUT2D eigenvalue weighted by atomic mass is 35.5. The second-order valence-electron chi connectivity index (χ2n) is 2.01. The third kappa shape index (κ3) is 1.40. The normalized spacial score (nSPS) is 18.9. The highest BCUT2D eigenvalue weighted by Gasteiger charge is 2.36. The molecule has 1 saturated heterocycles. The van der Waals surface area contributed by atoms with Gasteiger partial charge in [-0.25, -0.2) is 9.80 Å². The number of hydrogen-bond acceptors (Lipinski definition) is 3. The van der Waals surface area contributed by atoms with Crippen LogP contribution < -0.4 is 0 Å². The van der Waals surface area contributed by atoms with E-state index in [4.69, 9.17) is 23.6 Å². The number of carbonyl (C=O) groups is 2. The molecule has 7 heteroatoms. The maximum Gasteiger partial charge on any atom is 0.343 e. The van der Waals surface area contributed by atoms with Gasteiger partial charge in [-0.2, -0.15) is 0 Å². The van der Waals surface area contributed by atoms with E-state index in [0.29, 0.717) is 4.05 Å². The Morgan fingerprint density at radius 1 is 1.45 bits per heavy atom. The van der Waals surface area contributed by atoms with E-state index in [9.17, 15) is 9.59 Å². The lowest BCUT2D eigenvalue weighted by molar-refractivity contribution is -0.124. The molecule has 0 saturated carbocycles. The second kappa shape index (κ2) is 2.84. The largest absolute Gasteiger partial charge is 0.343 e. The van der Waals surface area contributed by atoms with E-state index < -0.39 is 6.03 Å². The number of hydrazine groups is 1. The van der Waals surface area contributed by atoms with Crippen LogP contribution in [0.25, 0.3) is 0 Å². The summed E-state index contributed by atoms with van der Waals surface area (Å²) in [5.41, 5.74) is 0. The molecule has 62 valence electrons. The Hall–Kier alpha value is -0.520. The molecule has 0 aromatic heterocycles. The lowest BCUT2D eigenvalue weighted by Crippen LogP contribution is -2.34. The molecular formula is C4H5Cl2N3O2. The van der Waals surface area contributed by atoms with Gasteiger partial charge in [0.25, 0.3) is 5.91 Å². The monoisotopic (exact) mass is 197 g/mol. The molecule has 5 nitrogen and oxygen atoms in total. The molecule has 0 unspecified atom stereocenters. The maximum absolute atomic E-state index is 11.0. The number of amides is 3. The molecule has 1 fully saturated rings. The van der Waals surface area contributed by atoms with E-state index in [2.05, 4.69) is 0 Å². The molecule has 0 spiro atoms. The van der Waals surface area contributed by atoms with E-state index in [-0.39, 0.29) is 12.5 Å². The van der Waals surface area contributed by atoms with Crippen LogP contribution in [0.15, 0.2) is 0 Å². The van der Waals surface area contributed by atoms with Crippen molar-refractivity contribution in [1.29, 1.82) is 0 Å². The second-order valence-corrected chi connectivity index (χ2v) is 2.82. The highest BCUT2D eigenvalue weighted by molar-refractivity contribution is 6.34. The minimum atomic E-state index is -0.528. The average molecular weight is 198 g/mol. The lowest BCUT2D eigenvalue weighted by atomic mass is 10.6. The van der Waals surface area contributed by atoms with Crippen LogP contribution in [0, 0.1) is 0 Å². The van der Waals surface area contributed by atoms with Crippen LogP contribution in [-0.2, 0) is 4.79 Å². The molecular weight excluding hydrogens is 193 g/mol. The van der Waals surface area contributed by atoms with Gasteiger partial charge < -0.3 is 0 Å². The Kier molecular flexibility index (Phi) is 2.22. The fourth-order valence-corrected chi connectivity index (χ4v) is 0.936. The molecule has 1 rings (SSSR count). The Morgan fingerprint density at radius 2 is 2.00 bits per heavy atom. The minimum Gasteiger partial charge on any atom is -0.272 e. The summed E-state index contributed by atoms with van der Waals surface area (Å²) in [6.45, 7) is -0.109. The summed E-state index contributed by atoms with van der Waals surface area (Å²) in [6, 6.07) is -0.528. The van der Waals surface area contributed by atoms with Gasteiger partial charge >= 0.3 is 6.03 Å². The number of likely N-dealkylation sites (N-methyl/N-ethyl adjacent to an activating group) is 1. The molecule has 0 N–H and O–H groups in total. The summed E-state index contributed by atoms with van der Waals surface area (Å²) >= 11 is 10.5. The van der Waals surface area contributed by atoms with Crippen molar-refractivity contribution in [2.24, 2.45) is 0 Å². The van der Waals surface area contributed by atoms with Crippen LogP contribution in [0.3, 0.4) is 0 Å². The first kappa shape index (κ1) is 8.58. The predicted molar refractivity (Wildman–Crippen MR) is 38.4 cm³/mol. The first-order chi connectivity index (χ1) is 5.04. The van der Waals surface area contributed by atoms with Crippen LogP contribution in [0.4, 0.5) is 4.79 Å². The van der Waals surface area contributed by atoms with Crippen molar-refractivity contribution in [3.05, 3.63) is 0 Å². The highest BCUT2D eigenvalue weighted by Crippen LogP contribution is 2.14. The third-order valence-corrected chi connectivity index (χ3v) is 1.71. The summed E-state index contributed by atoms with van der Waals surface area (Å²) < 4.78 is 0.545. The van der Waals surface area contributed by atoms with Gasteiger partial charge in [-0.1, -0.05) is 0 Å². The Bertz CT molecular complexity index is 208. The molecule has 3 amide bonds. The molecule has 1 aliphatic heterocycles. The van der Waals surface area contributed by atoms with Crippen molar-refractivity contribution in [1.82, 2.24) is 14.0 Å². The Morgan fingerprint density at radius 3 is 2.18 bits per heavy atom. The maximum atomic E-state index is 11.0. The summed E-state index contributed by atoms with van der Waals surface area (Å²) in [5.74, 6) is -0.332. The smallest absolute Gasteiger partial charge is 0.272 e.